The maximum Gasteiger partial charge on any atom is 0.125 e. The Morgan fingerprint density at radius 2 is 2.16 bits per heavy atom. The van der Waals surface area contributed by atoms with Crippen molar-refractivity contribution in [2.24, 2.45) is 0 Å². The lowest BCUT2D eigenvalue weighted by molar-refractivity contribution is 0.190. The molecule has 0 bridgehead atoms. The standard InChI is InChI=1S/C15H16ClNO2/c1-10-3-4-15(13(7-10)11(2)18)19-9-12-5-6-17-8-14(12)16/h3-8,11,18H,9H2,1-2H3/t11-/m1/s1. The topological polar surface area (TPSA) is 42.4 Å². The molecule has 0 unspecified atom stereocenters. The van der Waals surface area contributed by atoms with Crippen molar-refractivity contribution in [2.45, 2.75) is 26.6 Å². The van der Waals surface area contributed by atoms with Crippen LogP contribution in [-0.2, 0) is 6.61 Å². The van der Waals surface area contributed by atoms with Gasteiger partial charge in [0.1, 0.15) is 12.4 Å². The summed E-state index contributed by atoms with van der Waals surface area (Å²) < 4.78 is 5.75. The molecule has 0 saturated carbocycles. The fourth-order valence-corrected chi connectivity index (χ4v) is 1.98. The van der Waals surface area contributed by atoms with Gasteiger partial charge in [0, 0.05) is 23.5 Å². The number of hydrogen-bond acceptors (Lipinski definition) is 3. The van der Waals surface area contributed by atoms with Gasteiger partial charge in [-0.2, -0.15) is 0 Å². The number of nitrogens with zero attached hydrogens (tertiary/aromatic N) is 1. The monoisotopic (exact) mass is 277 g/mol. The highest BCUT2D eigenvalue weighted by Gasteiger charge is 2.10. The Hall–Kier alpha value is -1.58. The first-order valence-corrected chi connectivity index (χ1v) is 6.45. The first-order valence-electron chi connectivity index (χ1n) is 6.07. The van der Waals surface area contributed by atoms with E-state index in [1.54, 1.807) is 19.3 Å². The minimum atomic E-state index is -0.567. The number of aliphatic hydroxyl groups excluding tert-OH is 1. The Kier molecular flexibility index (Phi) is 4.40. The van der Waals surface area contributed by atoms with E-state index >= 15 is 0 Å². The van der Waals surface area contributed by atoms with E-state index in [4.69, 9.17) is 16.3 Å². The van der Waals surface area contributed by atoms with Gasteiger partial charge in [0.15, 0.2) is 0 Å². The number of aliphatic hydroxyl groups is 1. The van der Waals surface area contributed by atoms with Crippen molar-refractivity contribution >= 4 is 11.6 Å². The largest absolute Gasteiger partial charge is 0.488 e. The van der Waals surface area contributed by atoms with Crippen LogP contribution >= 0.6 is 11.6 Å². The summed E-state index contributed by atoms with van der Waals surface area (Å²) in [6.07, 6.45) is 2.70. The normalized spacial score (nSPS) is 12.2. The molecule has 0 aliphatic heterocycles. The third kappa shape index (κ3) is 3.46. The average molecular weight is 278 g/mol. The minimum Gasteiger partial charge on any atom is -0.488 e. The molecule has 0 amide bonds. The third-order valence-corrected chi connectivity index (χ3v) is 3.20. The summed E-state index contributed by atoms with van der Waals surface area (Å²) in [6.45, 7) is 4.06. The van der Waals surface area contributed by atoms with Crippen molar-refractivity contribution in [3.05, 3.63) is 58.4 Å². The van der Waals surface area contributed by atoms with E-state index in [2.05, 4.69) is 4.98 Å². The first kappa shape index (κ1) is 13.8. The third-order valence-electron chi connectivity index (χ3n) is 2.85. The van der Waals surface area contributed by atoms with Crippen LogP contribution in [0.15, 0.2) is 36.7 Å². The Labute approximate surface area is 117 Å². The molecule has 0 aliphatic rings. The molecule has 0 radical (unpaired) electrons. The van der Waals surface area contributed by atoms with Gasteiger partial charge in [-0.05, 0) is 32.0 Å². The summed E-state index contributed by atoms with van der Waals surface area (Å²) in [4.78, 5) is 3.93. The molecule has 0 aliphatic carbocycles. The summed E-state index contributed by atoms with van der Waals surface area (Å²) in [5.41, 5.74) is 2.74. The van der Waals surface area contributed by atoms with Crippen molar-refractivity contribution in [2.75, 3.05) is 0 Å². The van der Waals surface area contributed by atoms with Crippen LogP contribution in [0.4, 0.5) is 0 Å². The molecule has 1 atom stereocenters. The van der Waals surface area contributed by atoms with Crippen LogP contribution in [-0.4, -0.2) is 10.1 Å². The molecule has 1 N–H and O–H groups in total. The molecule has 4 heteroatoms. The van der Waals surface area contributed by atoms with Crippen molar-refractivity contribution < 1.29 is 9.84 Å². The Morgan fingerprint density at radius 1 is 1.37 bits per heavy atom. The van der Waals surface area contributed by atoms with Gasteiger partial charge in [0.2, 0.25) is 0 Å². The van der Waals surface area contributed by atoms with Gasteiger partial charge in [-0.15, -0.1) is 0 Å². The number of aryl methyl sites for hydroxylation is 1. The predicted octanol–water partition coefficient (Wildman–Crippen LogP) is 3.68. The highest BCUT2D eigenvalue weighted by atomic mass is 35.5. The molecule has 2 aromatic rings. The van der Waals surface area contributed by atoms with Crippen LogP contribution in [0.1, 0.15) is 29.7 Å². The Bertz CT molecular complexity index is 570. The van der Waals surface area contributed by atoms with Crippen LogP contribution < -0.4 is 4.74 Å². The maximum atomic E-state index is 9.76. The SMILES string of the molecule is Cc1ccc(OCc2ccncc2Cl)c([C@@H](C)O)c1. The molecule has 1 aromatic heterocycles. The van der Waals surface area contributed by atoms with Crippen molar-refractivity contribution in [1.29, 1.82) is 0 Å². The van der Waals surface area contributed by atoms with Gasteiger partial charge in [-0.1, -0.05) is 23.2 Å². The predicted molar refractivity (Wildman–Crippen MR) is 75.4 cm³/mol. The van der Waals surface area contributed by atoms with E-state index in [1.807, 2.05) is 31.2 Å². The average Bonchev–Trinajstić information content (AvgIpc) is 2.38. The lowest BCUT2D eigenvalue weighted by Crippen LogP contribution is -2.02. The molecular formula is C15H16ClNO2. The van der Waals surface area contributed by atoms with E-state index in [-0.39, 0.29) is 0 Å². The zero-order valence-corrected chi connectivity index (χ0v) is 11.7. The summed E-state index contributed by atoms with van der Waals surface area (Å²) in [7, 11) is 0. The van der Waals surface area contributed by atoms with E-state index < -0.39 is 6.10 Å². The molecule has 0 saturated heterocycles. The van der Waals surface area contributed by atoms with Gasteiger partial charge < -0.3 is 9.84 Å². The van der Waals surface area contributed by atoms with E-state index in [9.17, 15) is 5.11 Å². The summed E-state index contributed by atoms with van der Waals surface area (Å²) in [5.74, 6) is 0.675. The van der Waals surface area contributed by atoms with Gasteiger partial charge in [0.05, 0.1) is 11.1 Å². The second-order valence-corrected chi connectivity index (χ2v) is 4.88. The van der Waals surface area contributed by atoms with Crippen LogP contribution in [0.5, 0.6) is 5.75 Å². The van der Waals surface area contributed by atoms with Crippen LogP contribution in [0.25, 0.3) is 0 Å². The summed E-state index contributed by atoms with van der Waals surface area (Å²) in [5, 5.41) is 10.3. The molecular weight excluding hydrogens is 262 g/mol. The van der Waals surface area contributed by atoms with E-state index in [0.717, 1.165) is 16.7 Å². The smallest absolute Gasteiger partial charge is 0.125 e. The quantitative estimate of drug-likeness (QED) is 0.927. The molecule has 0 fully saturated rings. The van der Waals surface area contributed by atoms with Crippen molar-refractivity contribution in [3.8, 4) is 5.75 Å². The maximum absolute atomic E-state index is 9.76. The zero-order chi connectivity index (χ0) is 13.8. The first-order chi connectivity index (χ1) is 9.08. The van der Waals surface area contributed by atoms with Gasteiger partial charge in [-0.25, -0.2) is 0 Å². The molecule has 19 heavy (non-hydrogen) atoms. The summed E-state index contributed by atoms with van der Waals surface area (Å²) >= 11 is 6.03. The molecule has 3 nitrogen and oxygen atoms in total. The fourth-order valence-electron chi connectivity index (χ4n) is 1.80. The lowest BCUT2D eigenvalue weighted by atomic mass is 10.1. The highest BCUT2D eigenvalue weighted by Crippen LogP contribution is 2.27. The lowest BCUT2D eigenvalue weighted by Gasteiger charge is -2.14. The number of hydrogen-bond donors (Lipinski definition) is 1. The second kappa shape index (κ2) is 6.04. The van der Waals surface area contributed by atoms with E-state index in [0.29, 0.717) is 17.4 Å². The van der Waals surface area contributed by atoms with Gasteiger partial charge in [0.25, 0.3) is 0 Å². The molecule has 2 rings (SSSR count). The minimum absolute atomic E-state index is 0.351. The number of ether oxygens (including phenoxy) is 1. The highest BCUT2D eigenvalue weighted by molar-refractivity contribution is 6.31. The molecule has 1 heterocycles. The van der Waals surface area contributed by atoms with Crippen molar-refractivity contribution in [1.82, 2.24) is 4.98 Å². The molecule has 0 spiro atoms. The number of halogens is 1. The number of pyridine rings is 1. The second-order valence-electron chi connectivity index (χ2n) is 4.47. The molecule has 100 valence electrons. The van der Waals surface area contributed by atoms with E-state index in [1.165, 1.54) is 0 Å². The van der Waals surface area contributed by atoms with Crippen LogP contribution in [0.3, 0.4) is 0 Å². The number of rotatable bonds is 4. The van der Waals surface area contributed by atoms with Crippen molar-refractivity contribution in [3.63, 3.8) is 0 Å². The Morgan fingerprint density at radius 3 is 2.84 bits per heavy atom. The number of benzene rings is 1. The van der Waals surface area contributed by atoms with Crippen LogP contribution in [0.2, 0.25) is 5.02 Å². The fraction of sp³-hybridized carbons (Fsp3) is 0.267. The molecule has 1 aromatic carbocycles. The zero-order valence-electron chi connectivity index (χ0n) is 10.9. The number of aromatic nitrogens is 1. The summed E-state index contributed by atoms with van der Waals surface area (Å²) in [6, 6.07) is 7.56. The van der Waals surface area contributed by atoms with Gasteiger partial charge in [-0.3, -0.25) is 4.98 Å². The van der Waals surface area contributed by atoms with Gasteiger partial charge >= 0.3 is 0 Å². The Balaban J connectivity index is 2.18. The van der Waals surface area contributed by atoms with Crippen LogP contribution in [0, 0.1) is 6.92 Å².